The Morgan fingerprint density at radius 2 is 2.20 bits per heavy atom. The molecular formula is C11H20N2O2. The van der Waals surface area contributed by atoms with Crippen LogP contribution in [0.15, 0.2) is 10.6 Å². The molecule has 0 spiro atoms. The summed E-state index contributed by atoms with van der Waals surface area (Å²) in [6.45, 7) is 10.1. The van der Waals surface area contributed by atoms with Crippen molar-refractivity contribution in [2.24, 2.45) is 0 Å². The van der Waals surface area contributed by atoms with E-state index < -0.39 is 0 Å². The zero-order valence-corrected chi connectivity index (χ0v) is 9.96. The van der Waals surface area contributed by atoms with E-state index in [4.69, 9.17) is 9.15 Å². The summed E-state index contributed by atoms with van der Waals surface area (Å²) in [5, 5.41) is 3.31. The monoisotopic (exact) mass is 212 g/mol. The van der Waals surface area contributed by atoms with Gasteiger partial charge in [0.2, 0.25) is 5.89 Å². The zero-order valence-electron chi connectivity index (χ0n) is 9.96. The average Bonchev–Trinajstić information content (AvgIpc) is 2.58. The molecule has 1 heterocycles. The number of hydrogen-bond donors (Lipinski definition) is 1. The van der Waals surface area contributed by atoms with Gasteiger partial charge in [-0.1, -0.05) is 0 Å². The van der Waals surface area contributed by atoms with E-state index in [2.05, 4.69) is 31.1 Å². The fourth-order valence-electron chi connectivity index (χ4n) is 1.04. The molecule has 4 nitrogen and oxygen atoms in total. The molecule has 0 saturated carbocycles. The summed E-state index contributed by atoms with van der Waals surface area (Å²) in [5.74, 6) is 1.49. The highest BCUT2D eigenvalue weighted by Gasteiger charge is 2.11. The molecule has 0 aliphatic carbocycles. The summed E-state index contributed by atoms with van der Waals surface area (Å²) in [6, 6.07) is 0. The molecule has 0 bridgehead atoms. The van der Waals surface area contributed by atoms with E-state index in [1.54, 1.807) is 6.20 Å². The van der Waals surface area contributed by atoms with Crippen molar-refractivity contribution in [2.45, 2.75) is 46.4 Å². The number of nitrogens with zero attached hydrogens (tertiary/aromatic N) is 1. The maximum atomic E-state index is 5.48. The van der Waals surface area contributed by atoms with E-state index in [9.17, 15) is 0 Å². The molecule has 0 aromatic carbocycles. The highest BCUT2D eigenvalue weighted by atomic mass is 16.5. The van der Waals surface area contributed by atoms with E-state index in [0.717, 1.165) is 5.76 Å². The predicted octanol–water partition coefficient (Wildman–Crippen LogP) is 2.10. The van der Waals surface area contributed by atoms with Crippen LogP contribution in [-0.2, 0) is 17.9 Å². The van der Waals surface area contributed by atoms with Crippen LogP contribution in [0.5, 0.6) is 0 Å². The third-order valence-corrected chi connectivity index (χ3v) is 1.82. The van der Waals surface area contributed by atoms with Crippen molar-refractivity contribution in [3.05, 3.63) is 17.8 Å². The Hall–Kier alpha value is -0.870. The summed E-state index contributed by atoms with van der Waals surface area (Å²) in [7, 11) is 0. The Bertz CT molecular complexity index is 289. The molecule has 0 atom stereocenters. The third kappa shape index (κ3) is 4.95. The van der Waals surface area contributed by atoms with Crippen molar-refractivity contribution in [2.75, 3.05) is 6.61 Å². The first-order chi connectivity index (χ1) is 7.01. The van der Waals surface area contributed by atoms with Gasteiger partial charge in [-0.05, 0) is 27.7 Å². The minimum absolute atomic E-state index is 0.0779. The van der Waals surface area contributed by atoms with E-state index in [1.165, 1.54) is 0 Å². The van der Waals surface area contributed by atoms with Crippen LogP contribution in [0.2, 0.25) is 0 Å². The Kier molecular flexibility index (Phi) is 4.29. The molecule has 1 aromatic rings. The largest absolute Gasteiger partial charge is 0.442 e. The second kappa shape index (κ2) is 5.28. The predicted molar refractivity (Wildman–Crippen MR) is 58.4 cm³/mol. The summed E-state index contributed by atoms with van der Waals surface area (Å²) >= 11 is 0. The minimum atomic E-state index is 0.0779. The highest BCUT2D eigenvalue weighted by molar-refractivity contribution is 4.93. The molecule has 1 rings (SSSR count). The number of ether oxygens (including phenoxy) is 1. The summed E-state index contributed by atoms with van der Waals surface area (Å²) in [4.78, 5) is 4.16. The minimum Gasteiger partial charge on any atom is -0.442 e. The van der Waals surface area contributed by atoms with Crippen molar-refractivity contribution >= 4 is 0 Å². The maximum absolute atomic E-state index is 5.48. The van der Waals surface area contributed by atoms with E-state index in [0.29, 0.717) is 25.6 Å². The maximum Gasteiger partial charge on any atom is 0.208 e. The molecule has 86 valence electrons. The van der Waals surface area contributed by atoms with Gasteiger partial charge in [-0.15, -0.1) is 0 Å². The first-order valence-corrected chi connectivity index (χ1v) is 5.27. The van der Waals surface area contributed by atoms with Crippen LogP contribution in [0.4, 0.5) is 0 Å². The normalized spacial score (nSPS) is 12.0. The fourth-order valence-corrected chi connectivity index (χ4v) is 1.04. The SMILES string of the molecule is CCOCc1cnc(CNC(C)(C)C)o1. The van der Waals surface area contributed by atoms with Crippen molar-refractivity contribution in [1.82, 2.24) is 10.3 Å². The standard InChI is InChI=1S/C11H20N2O2/c1-5-14-8-9-6-12-10(15-9)7-13-11(2,3)4/h6,13H,5,7-8H2,1-4H3. The Morgan fingerprint density at radius 1 is 1.47 bits per heavy atom. The first kappa shape index (κ1) is 12.2. The van der Waals surface area contributed by atoms with Gasteiger partial charge >= 0.3 is 0 Å². The van der Waals surface area contributed by atoms with Crippen molar-refractivity contribution in [3.63, 3.8) is 0 Å². The lowest BCUT2D eigenvalue weighted by Crippen LogP contribution is -2.35. The van der Waals surface area contributed by atoms with Gasteiger partial charge in [0.25, 0.3) is 0 Å². The van der Waals surface area contributed by atoms with E-state index in [-0.39, 0.29) is 5.54 Å². The summed E-state index contributed by atoms with van der Waals surface area (Å²) in [5.41, 5.74) is 0.0779. The number of nitrogens with one attached hydrogen (secondary N) is 1. The van der Waals surface area contributed by atoms with Crippen molar-refractivity contribution in [3.8, 4) is 0 Å². The van der Waals surface area contributed by atoms with Crippen LogP contribution in [0.25, 0.3) is 0 Å². The summed E-state index contributed by atoms with van der Waals surface area (Å²) < 4.78 is 10.7. The van der Waals surface area contributed by atoms with Gasteiger partial charge in [-0.25, -0.2) is 4.98 Å². The second-order valence-electron chi connectivity index (χ2n) is 4.46. The zero-order chi connectivity index (χ0) is 11.3. The van der Waals surface area contributed by atoms with Crippen LogP contribution < -0.4 is 5.32 Å². The molecule has 0 amide bonds. The fraction of sp³-hybridized carbons (Fsp3) is 0.727. The van der Waals surface area contributed by atoms with Crippen LogP contribution in [0.1, 0.15) is 39.3 Å². The lowest BCUT2D eigenvalue weighted by molar-refractivity contribution is 0.117. The summed E-state index contributed by atoms with van der Waals surface area (Å²) in [6.07, 6.45) is 1.72. The molecule has 0 fully saturated rings. The van der Waals surface area contributed by atoms with Crippen molar-refractivity contribution in [1.29, 1.82) is 0 Å². The van der Waals surface area contributed by atoms with Gasteiger partial charge in [-0.3, -0.25) is 0 Å². The lowest BCUT2D eigenvalue weighted by atomic mass is 10.1. The molecule has 0 unspecified atom stereocenters. The Labute approximate surface area is 91.0 Å². The molecule has 0 radical (unpaired) electrons. The molecule has 1 aromatic heterocycles. The molecular weight excluding hydrogens is 192 g/mol. The van der Waals surface area contributed by atoms with Gasteiger partial charge in [0, 0.05) is 12.1 Å². The molecule has 15 heavy (non-hydrogen) atoms. The quantitative estimate of drug-likeness (QED) is 0.812. The number of aromatic nitrogens is 1. The van der Waals surface area contributed by atoms with Crippen LogP contribution in [0, 0.1) is 0 Å². The third-order valence-electron chi connectivity index (χ3n) is 1.82. The lowest BCUT2D eigenvalue weighted by Gasteiger charge is -2.18. The van der Waals surface area contributed by atoms with Crippen LogP contribution in [0.3, 0.4) is 0 Å². The van der Waals surface area contributed by atoms with Crippen LogP contribution in [-0.4, -0.2) is 17.1 Å². The smallest absolute Gasteiger partial charge is 0.208 e. The Morgan fingerprint density at radius 3 is 2.80 bits per heavy atom. The molecule has 1 N–H and O–H groups in total. The van der Waals surface area contributed by atoms with Gasteiger partial charge in [0.1, 0.15) is 12.4 Å². The van der Waals surface area contributed by atoms with Gasteiger partial charge < -0.3 is 14.5 Å². The molecule has 4 heteroatoms. The average molecular weight is 212 g/mol. The first-order valence-electron chi connectivity index (χ1n) is 5.27. The highest BCUT2D eigenvalue weighted by Crippen LogP contribution is 2.07. The molecule has 0 aliphatic rings. The number of oxazole rings is 1. The molecule has 0 aliphatic heterocycles. The molecule has 0 saturated heterocycles. The number of rotatable bonds is 5. The van der Waals surface area contributed by atoms with Gasteiger partial charge in [0.15, 0.2) is 0 Å². The van der Waals surface area contributed by atoms with Crippen molar-refractivity contribution < 1.29 is 9.15 Å². The van der Waals surface area contributed by atoms with Gasteiger partial charge in [0.05, 0.1) is 12.7 Å². The van der Waals surface area contributed by atoms with E-state index >= 15 is 0 Å². The van der Waals surface area contributed by atoms with Crippen LogP contribution >= 0.6 is 0 Å². The van der Waals surface area contributed by atoms with E-state index in [1.807, 2.05) is 6.92 Å². The second-order valence-corrected chi connectivity index (χ2v) is 4.46. The van der Waals surface area contributed by atoms with Gasteiger partial charge in [-0.2, -0.15) is 0 Å². The Balaban J connectivity index is 2.39. The number of hydrogen-bond acceptors (Lipinski definition) is 4. The topological polar surface area (TPSA) is 47.3 Å².